The summed E-state index contributed by atoms with van der Waals surface area (Å²) in [7, 11) is 1.54. The summed E-state index contributed by atoms with van der Waals surface area (Å²) in [5, 5.41) is 19.3. The minimum atomic E-state index is -1.39. The van der Waals surface area contributed by atoms with Crippen molar-refractivity contribution < 1.29 is 29.3 Å². The number of amides is 1. The first-order chi connectivity index (χ1) is 7.97. The normalized spacial score (nSPS) is 11.8. The van der Waals surface area contributed by atoms with Gasteiger partial charge in [-0.05, 0) is 0 Å². The van der Waals surface area contributed by atoms with Crippen LogP contribution in [0.15, 0.2) is 0 Å². The van der Waals surface area contributed by atoms with Gasteiger partial charge in [-0.2, -0.15) is 0 Å². The molecule has 98 valence electrons. The van der Waals surface area contributed by atoms with E-state index in [1.54, 1.807) is 0 Å². The lowest BCUT2D eigenvalue weighted by atomic mass is 10.2. The van der Waals surface area contributed by atoms with Gasteiger partial charge in [-0.25, -0.2) is 4.79 Å². The number of carboxylic acid groups (broad SMARTS) is 2. The SMILES string of the molecule is COCCSCC(=O)N[C@H](CC(=O)O)C(=O)O. The lowest BCUT2D eigenvalue weighted by Gasteiger charge is -2.11. The molecule has 8 heteroatoms. The third-order valence-corrected chi connectivity index (χ3v) is 2.60. The molecular weight excluding hydrogens is 250 g/mol. The fourth-order valence-corrected chi connectivity index (χ4v) is 1.62. The van der Waals surface area contributed by atoms with E-state index in [0.717, 1.165) is 0 Å². The van der Waals surface area contributed by atoms with Gasteiger partial charge in [0.05, 0.1) is 18.8 Å². The second kappa shape index (κ2) is 8.82. The molecule has 0 aliphatic carbocycles. The lowest BCUT2D eigenvalue weighted by Crippen LogP contribution is -2.43. The smallest absolute Gasteiger partial charge is 0.326 e. The Morgan fingerprint density at radius 1 is 1.35 bits per heavy atom. The van der Waals surface area contributed by atoms with Crippen molar-refractivity contribution in [2.24, 2.45) is 0 Å². The number of methoxy groups -OCH3 is 1. The molecule has 0 aromatic heterocycles. The molecule has 0 aromatic carbocycles. The fourth-order valence-electron chi connectivity index (χ4n) is 0.918. The zero-order valence-corrected chi connectivity index (χ0v) is 10.2. The van der Waals surface area contributed by atoms with Gasteiger partial charge in [-0.3, -0.25) is 9.59 Å². The maximum atomic E-state index is 11.3. The van der Waals surface area contributed by atoms with Gasteiger partial charge in [0, 0.05) is 12.9 Å². The van der Waals surface area contributed by atoms with E-state index >= 15 is 0 Å². The number of thioether (sulfide) groups is 1. The van der Waals surface area contributed by atoms with Gasteiger partial charge in [0.15, 0.2) is 0 Å². The maximum Gasteiger partial charge on any atom is 0.326 e. The molecule has 0 aliphatic heterocycles. The van der Waals surface area contributed by atoms with E-state index in [9.17, 15) is 14.4 Å². The molecule has 3 N–H and O–H groups in total. The van der Waals surface area contributed by atoms with Crippen molar-refractivity contribution in [2.45, 2.75) is 12.5 Å². The van der Waals surface area contributed by atoms with Crippen LogP contribution in [0, 0.1) is 0 Å². The van der Waals surface area contributed by atoms with Crippen molar-refractivity contribution in [1.82, 2.24) is 5.32 Å². The molecule has 7 nitrogen and oxygen atoms in total. The summed E-state index contributed by atoms with van der Waals surface area (Å²) in [4.78, 5) is 32.3. The van der Waals surface area contributed by atoms with E-state index in [-0.39, 0.29) is 5.75 Å². The van der Waals surface area contributed by atoms with Crippen LogP contribution in [0.5, 0.6) is 0 Å². The molecule has 0 fully saturated rings. The standard InChI is InChI=1S/C9H15NO6S/c1-16-2-3-17-5-7(11)10-6(9(14)15)4-8(12)13/h6H,2-5H2,1H3,(H,10,11)(H,12,13)(H,14,15)/t6-/m1/s1. The topological polar surface area (TPSA) is 113 Å². The van der Waals surface area contributed by atoms with Gasteiger partial charge in [-0.1, -0.05) is 0 Å². The van der Waals surface area contributed by atoms with E-state index in [4.69, 9.17) is 14.9 Å². The number of rotatable bonds is 9. The van der Waals surface area contributed by atoms with Crippen molar-refractivity contribution in [3.8, 4) is 0 Å². The second-order valence-electron chi connectivity index (χ2n) is 3.10. The average Bonchev–Trinajstić information content (AvgIpc) is 2.22. The summed E-state index contributed by atoms with van der Waals surface area (Å²) >= 11 is 1.28. The summed E-state index contributed by atoms with van der Waals surface area (Å²) in [5.41, 5.74) is 0. The highest BCUT2D eigenvalue weighted by atomic mass is 32.2. The van der Waals surface area contributed by atoms with Crippen LogP contribution in [-0.4, -0.2) is 59.3 Å². The zero-order valence-electron chi connectivity index (χ0n) is 9.34. The van der Waals surface area contributed by atoms with Crippen molar-refractivity contribution in [1.29, 1.82) is 0 Å². The molecule has 1 amide bonds. The molecule has 0 saturated heterocycles. The quantitative estimate of drug-likeness (QED) is 0.477. The van der Waals surface area contributed by atoms with E-state index in [1.165, 1.54) is 18.9 Å². The van der Waals surface area contributed by atoms with Crippen molar-refractivity contribution >= 4 is 29.6 Å². The van der Waals surface area contributed by atoms with E-state index in [2.05, 4.69) is 5.32 Å². The molecule has 0 aliphatic rings. The number of nitrogens with one attached hydrogen (secondary N) is 1. The largest absolute Gasteiger partial charge is 0.481 e. The minimum absolute atomic E-state index is 0.0761. The van der Waals surface area contributed by atoms with Crippen LogP contribution in [0.1, 0.15) is 6.42 Å². The molecule has 17 heavy (non-hydrogen) atoms. The Bertz CT molecular complexity index is 283. The van der Waals surface area contributed by atoms with Gasteiger partial charge in [0.2, 0.25) is 5.91 Å². The molecule has 0 radical (unpaired) electrons. The maximum absolute atomic E-state index is 11.3. The van der Waals surface area contributed by atoms with Crippen LogP contribution in [0.25, 0.3) is 0 Å². The van der Waals surface area contributed by atoms with Gasteiger partial charge in [0.1, 0.15) is 6.04 Å². The van der Waals surface area contributed by atoms with Crippen LogP contribution in [-0.2, 0) is 19.1 Å². The van der Waals surface area contributed by atoms with E-state index in [0.29, 0.717) is 12.4 Å². The molecule has 0 unspecified atom stereocenters. The third kappa shape index (κ3) is 8.52. The Morgan fingerprint density at radius 3 is 2.47 bits per heavy atom. The molecule has 0 rings (SSSR count). The van der Waals surface area contributed by atoms with Crippen LogP contribution in [0.3, 0.4) is 0 Å². The first-order valence-electron chi connectivity index (χ1n) is 4.78. The van der Waals surface area contributed by atoms with Crippen LogP contribution >= 0.6 is 11.8 Å². The number of hydrogen-bond acceptors (Lipinski definition) is 5. The Labute approximate surface area is 103 Å². The Kier molecular flexibility index (Phi) is 8.16. The number of aliphatic carboxylic acids is 2. The number of carbonyl (C=O) groups excluding carboxylic acids is 1. The number of carboxylic acids is 2. The molecule has 0 saturated carbocycles. The summed E-state index contributed by atoms with van der Waals surface area (Å²) in [5.74, 6) is -2.44. The summed E-state index contributed by atoms with van der Waals surface area (Å²) < 4.78 is 4.77. The Hall–Kier alpha value is -1.28. The predicted octanol–water partition coefficient (Wildman–Crippen LogP) is -0.590. The Morgan fingerprint density at radius 2 is 2.00 bits per heavy atom. The fraction of sp³-hybridized carbons (Fsp3) is 0.667. The van der Waals surface area contributed by atoms with Gasteiger partial charge in [-0.15, -0.1) is 11.8 Å². The van der Waals surface area contributed by atoms with E-state index in [1.807, 2.05) is 0 Å². The molecular formula is C9H15NO6S. The highest BCUT2D eigenvalue weighted by Gasteiger charge is 2.22. The van der Waals surface area contributed by atoms with Crippen molar-refractivity contribution in [3.05, 3.63) is 0 Å². The zero-order chi connectivity index (χ0) is 13.3. The van der Waals surface area contributed by atoms with Crippen LogP contribution < -0.4 is 5.32 Å². The molecule has 0 spiro atoms. The van der Waals surface area contributed by atoms with E-state index < -0.39 is 30.3 Å². The highest BCUT2D eigenvalue weighted by molar-refractivity contribution is 7.99. The third-order valence-electron chi connectivity index (χ3n) is 1.68. The minimum Gasteiger partial charge on any atom is -0.481 e. The average molecular weight is 265 g/mol. The Balaban J connectivity index is 3.96. The van der Waals surface area contributed by atoms with Crippen molar-refractivity contribution in [2.75, 3.05) is 25.2 Å². The summed E-state index contributed by atoms with van der Waals surface area (Å²) in [6.07, 6.45) is -0.635. The molecule has 0 heterocycles. The molecule has 1 atom stereocenters. The van der Waals surface area contributed by atoms with Crippen LogP contribution in [0.4, 0.5) is 0 Å². The van der Waals surface area contributed by atoms with Gasteiger partial charge >= 0.3 is 11.9 Å². The first-order valence-corrected chi connectivity index (χ1v) is 5.93. The van der Waals surface area contributed by atoms with Crippen molar-refractivity contribution in [3.63, 3.8) is 0 Å². The highest BCUT2D eigenvalue weighted by Crippen LogP contribution is 2.00. The van der Waals surface area contributed by atoms with Gasteiger partial charge < -0.3 is 20.3 Å². The predicted molar refractivity (Wildman–Crippen MR) is 61.0 cm³/mol. The molecule has 0 bridgehead atoms. The monoisotopic (exact) mass is 265 g/mol. The van der Waals surface area contributed by atoms with Gasteiger partial charge in [0.25, 0.3) is 0 Å². The summed E-state index contributed by atoms with van der Waals surface area (Å²) in [6.45, 7) is 0.495. The molecule has 0 aromatic rings. The first kappa shape index (κ1) is 15.7. The number of hydrogen-bond donors (Lipinski definition) is 3. The summed E-state index contributed by atoms with van der Waals surface area (Å²) in [6, 6.07) is -1.39. The van der Waals surface area contributed by atoms with Crippen LogP contribution in [0.2, 0.25) is 0 Å². The second-order valence-corrected chi connectivity index (χ2v) is 4.21. The number of carbonyl (C=O) groups is 3. The number of ether oxygens (including phenoxy) is 1. The lowest BCUT2D eigenvalue weighted by molar-refractivity contribution is -0.147.